The van der Waals surface area contributed by atoms with Crippen molar-refractivity contribution in [1.82, 2.24) is 10.2 Å². The van der Waals surface area contributed by atoms with Crippen LogP contribution in [0.25, 0.3) is 0 Å². The molecule has 0 bridgehead atoms. The predicted octanol–water partition coefficient (Wildman–Crippen LogP) is 3.77. The Morgan fingerprint density at radius 3 is 2.11 bits per heavy atom. The predicted molar refractivity (Wildman–Crippen MR) is 144 cm³/mol. The molecule has 0 aliphatic carbocycles. The number of nitrogens with one attached hydrogen (secondary N) is 1. The fourth-order valence-electron chi connectivity index (χ4n) is 3.76. The van der Waals surface area contributed by atoms with Gasteiger partial charge in [-0.15, -0.1) is 0 Å². The monoisotopic (exact) mass is 517 g/mol. The summed E-state index contributed by atoms with van der Waals surface area (Å²) in [6.07, 6.45) is 1.09. The summed E-state index contributed by atoms with van der Waals surface area (Å²) in [5, 5.41) is 2.88. The van der Waals surface area contributed by atoms with Crippen LogP contribution in [0.4, 0.5) is 5.69 Å². The van der Waals surface area contributed by atoms with Crippen LogP contribution in [0.3, 0.4) is 0 Å². The van der Waals surface area contributed by atoms with Crippen LogP contribution >= 0.6 is 0 Å². The van der Waals surface area contributed by atoms with Crippen molar-refractivity contribution in [2.45, 2.75) is 53.1 Å². The lowest BCUT2D eigenvalue weighted by Gasteiger charge is -2.32. The summed E-state index contributed by atoms with van der Waals surface area (Å²) in [6, 6.07) is 13.6. The SMILES string of the molecule is COc1ccc(CN(C(=O)CN(c2ccccc2C(C)C)S(C)(=O)=O)C(C)C(=O)NCC(C)C)cc1. The number of amides is 2. The number of carbonyl (C=O) groups excluding carboxylic acids is 2. The van der Waals surface area contributed by atoms with Crippen LogP contribution in [0, 0.1) is 5.92 Å². The van der Waals surface area contributed by atoms with E-state index in [1.807, 2.05) is 52.0 Å². The minimum absolute atomic E-state index is 0.0525. The Hall–Kier alpha value is -3.07. The van der Waals surface area contributed by atoms with E-state index in [1.165, 1.54) is 4.90 Å². The zero-order valence-corrected chi connectivity index (χ0v) is 23.1. The first-order chi connectivity index (χ1) is 16.8. The maximum absolute atomic E-state index is 13.7. The zero-order chi connectivity index (χ0) is 27.0. The fraction of sp³-hybridized carbons (Fsp3) is 0.481. The maximum atomic E-state index is 13.7. The number of para-hydroxylation sites is 1. The fourth-order valence-corrected chi connectivity index (χ4v) is 4.63. The lowest BCUT2D eigenvalue weighted by molar-refractivity contribution is -0.139. The average molecular weight is 518 g/mol. The number of rotatable bonds is 12. The number of nitrogens with zero attached hydrogens (tertiary/aromatic N) is 2. The van der Waals surface area contributed by atoms with Gasteiger partial charge in [0.2, 0.25) is 21.8 Å². The molecule has 198 valence electrons. The maximum Gasteiger partial charge on any atom is 0.244 e. The van der Waals surface area contributed by atoms with Gasteiger partial charge in [0.25, 0.3) is 0 Å². The summed E-state index contributed by atoms with van der Waals surface area (Å²) < 4.78 is 32.0. The second-order valence-corrected chi connectivity index (χ2v) is 11.6. The number of anilines is 1. The van der Waals surface area contributed by atoms with Crippen LogP contribution in [0.2, 0.25) is 0 Å². The van der Waals surface area contributed by atoms with Crippen molar-refractivity contribution in [3.05, 3.63) is 59.7 Å². The van der Waals surface area contributed by atoms with Gasteiger partial charge in [0.15, 0.2) is 0 Å². The van der Waals surface area contributed by atoms with Crippen LogP contribution in [0.5, 0.6) is 5.75 Å². The third-order valence-corrected chi connectivity index (χ3v) is 7.00. The highest BCUT2D eigenvalue weighted by molar-refractivity contribution is 7.92. The van der Waals surface area contributed by atoms with Gasteiger partial charge in [0, 0.05) is 13.1 Å². The van der Waals surface area contributed by atoms with Crippen molar-refractivity contribution in [2.24, 2.45) is 5.92 Å². The quantitative estimate of drug-likeness (QED) is 0.462. The molecule has 0 saturated heterocycles. The van der Waals surface area contributed by atoms with E-state index in [9.17, 15) is 18.0 Å². The molecule has 2 rings (SSSR count). The Kier molecular flexibility index (Phi) is 10.3. The normalized spacial score (nSPS) is 12.4. The first kappa shape index (κ1) is 29.2. The zero-order valence-electron chi connectivity index (χ0n) is 22.3. The Balaban J connectivity index is 2.43. The summed E-state index contributed by atoms with van der Waals surface area (Å²) in [5.74, 6) is 0.214. The van der Waals surface area contributed by atoms with E-state index in [0.29, 0.717) is 18.0 Å². The Morgan fingerprint density at radius 2 is 1.58 bits per heavy atom. The highest BCUT2D eigenvalue weighted by Gasteiger charge is 2.31. The molecule has 0 spiro atoms. The average Bonchev–Trinajstić information content (AvgIpc) is 2.83. The van der Waals surface area contributed by atoms with Crippen LogP contribution in [0.15, 0.2) is 48.5 Å². The van der Waals surface area contributed by atoms with E-state index < -0.39 is 28.5 Å². The van der Waals surface area contributed by atoms with Crippen LogP contribution in [-0.4, -0.2) is 57.6 Å². The molecule has 0 fully saturated rings. The molecular formula is C27H39N3O5S. The molecule has 2 amide bonds. The molecule has 0 aliphatic heterocycles. The van der Waals surface area contributed by atoms with Gasteiger partial charge >= 0.3 is 0 Å². The first-order valence-electron chi connectivity index (χ1n) is 12.1. The third kappa shape index (κ3) is 7.98. The van der Waals surface area contributed by atoms with Gasteiger partial charge < -0.3 is 15.0 Å². The van der Waals surface area contributed by atoms with Gasteiger partial charge in [-0.1, -0.05) is 58.0 Å². The minimum atomic E-state index is -3.78. The highest BCUT2D eigenvalue weighted by Crippen LogP contribution is 2.29. The lowest BCUT2D eigenvalue weighted by atomic mass is 10.0. The van der Waals surface area contributed by atoms with Gasteiger partial charge in [0.05, 0.1) is 19.1 Å². The number of methoxy groups -OCH3 is 1. The van der Waals surface area contributed by atoms with Crippen LogP contribution in [-0.2, 0) is 26.2 Å². The van der Waals surface area contributed by atoms with Crippen molar-refractivity contribution >= 4 is 27.5 Å². The molecule has 1 atom stereocenters. The number of hydrogen-bond acceptors (Lipinski definition) is 5. The molecule has 0 heterocycles. The van der Waals surface area contributed by atoms with Crippen molar-refractivity contribution in [3.8, 4) is 5.75 Å². The second-order valence-electron chi connectivity index (χ2n) is 9.67. The molecule has 0 radical (unpaired) electrons. The van der Waals surface area contributed by atoms with Crippen LogP contribution in [0.1, 0.15) is 51.7 Å². The molecular weight excluding hydrogens is 478 g/mol. The minimum Gasteiger partial charge on any atom is -0.497 e. The summed E-state index contributed by atoms with van der Waals surface area (Å²) in [5.41, 5.74) is 2.07. The molecule has 1 N–H and O–H groups in total. The molecule has 9 heteroatoms. The van der Waals surface area contributed by atoms with Crippen LogP contribution < -0.4 is 14.4 Å². The third-order valence-electron chi connectivity index (χ3n) is 5.87. The van der Waals surface area contributed by atoms with Gasteiger partial charge in [-0.25, -0.2) is 8.42 Å². The standard InChI is InChI=1S/C27H39N3O5S/c1-19(2)16-28-27(32)21(5)29(17-22-12-14-23(35-6)15-13-22)26(31)18-30(36(7,33)34)25-11-9-8-10-24(25)20(3)4/h8-15,19-21H,16-18H2,1-7H3,(H,28,32). The summed E-state index contributed by atoms with van der Waals surface area (Å²) in [7, 11) is -2.21. The van der Waals surface area contributed by atoms with E-state index in [-0.39, 0.29) is 24.3 Å². The van der Waals surface area contributed by atoms with Crippen molar-refractivity contribution in [1.29, 1.82) is 0 Å². The Morgan fingerprint density at radius 1 is 0.972 bits per heavy atom. The molecule has 8 nitrogen and oxygen atoms in total. The van der Waals surface area contributed by atoms with Gasteiger partial charge in [-0.2, -0.15) is 0 Å². The second kappa shape index (κ2) is 12.8. The number of ether oxygens (including phenoxy) is 1. The molecule has 2 aromatic rings. The number of carbonyl (C=O) groups is 2. The summed E-state index contributed by atoms with van der Waals surface area (Å²) >= 11 is 0. The number of hydrogen-bond donors (Lipinski definition) is 1. The topological polar surface area (TPSA) is 96.0 Å². The highest BCUT2D eigenvalue weighted by atomic mass is 32.2. The first-order valence-corrected chi connectivity index (χ1v) is 14.0. The van der Waals surface area contributed by atoms with E-state index >= 15 is 0 Å². The van der Waals surface area contributed by atoms with Gasteiger partial charge in [0.1, 0.15) is 18.3 Å². The van der Waals surface area contributed by atoms with E-state index in [1.54, 1.807) is 38.3 Å². The summed E-state index contributed by atoms with van der Waals surface area (Å²) in [4.78, 5) is 28.0. The molecule has 0 aromatic heterocycles. The lowest BCUT2D eigenvalue weighted by Crippen LogP contribution is -2.51. The Labute approximate surface area is 215 Å². The van der Waals surface area contributed by atoms with E-state index in [4.69, 9.17) is 4.74 Å². The van der Waals surface area contributed by atoms with Crippen molar-refractivity contribution in [2.75, 3.05) is 30.8 Å². The number of benzene rings is 2. The molecule has 2 aromatic carbocycles. The molecule has 36 heavy (non-hydrogen) atoms. The molecule has 0 saturated carbocycles. The Bertz CT molecular complexity index is 1130. The summed E-state index contributed by atoms with van der Waals surface area (Å²) in [6.45, 7) is 9.77. The number of sulfonamides is 1. The van der Waals surface area contributed by atoms with Gasteiger partial charge in [-0.3, -0.25) is 13.9 Å². The van der Waals surface area contributed by atoms with Crippen molar-refractivity contribution < 1.29 is 22.7 Å². The van der Waals surface area contributed by atoms with E-state index in [2.05, 4.69) is 5.32 Å². The molecule has 0 aliphatic rings. The van der Waals surface area contributed by atoms with Crippen molar-refractivity contribution in [3.63, 3.8) is 0 Å². The largest absolute Gasteiger partial charge is 0.497 e. The van der Waals surface area contributed by atoms with E-state index in [0.717, 1.165) is 21.7 Å². The van der Waals surface area contributed by atoms with Gasteiger partial charge in [-0.05, 0) is 48.1 Å². The smallest absolute Gasteiger partial charge is 0.244 e. The molecule has 1 unspecified atom stereocenters.